The Bertz CT molecular complexity index is 449. The summed E-state index contributed by atoms with van der Waals surface area (Å²) in [6.45, 7) is 6.29. The highest BCUT2D eigenvalue weighted by Gasteiger charge is 2.62. The first-order valence-electron chi connectivity index (χ1n) is 6.86. The standard InChI is InChI=1S/C15H22O3/c1-14(2)4-8-9(5-14)13(18)15(3)6-11(17)10(7-16)12(8)15/h8-9,13,16,18H,4-7H2,1-3H3. The lowest BCUT2D eigenvalue weighted by Crippen LogP contribution is -2.32. The number of ketones is 1. The number of aliphatic hydroxyl groups is 2. The monoisotopic (exact) mass is 250 g/mol. The number of Topliss-reactive ketones (excluding diaryl/α,β-unsaturated/α-hetero) is 1. The molecule has 0 aromatic heterocycles. The molecule has 0 heterocycles. The molecule has 0 spiro atoms. The first-order chi connectivity index (χ1) is 8.30. The van der Waals surface area contributed by atoms with Crippen molar-refractivity contribution in [2.24, 2.45) is 22.7 Å². The summed E-state index contributed by atoms with van der Waals surface area (Å²) in [7, 11) is 0. The van der Waals surface area contributed by atoms with Crippen molar-refractivity contribution < 1.29 is 15.0 Å². The zero-order valence-corrected chi connectivity index (χ0v) is 11.4. The van der Waals surface area contributed by atoms with Gasteiger partial charge in [0.2, 0.25) is 0 Å². The maximum Gasteiger partial charge on any atom is 0.162 e. The Labute approximate surface area is 108 Å². The molecule has 100 valence electrons. The highest BCUT2D eigenvalue weighted by molar-refractivity contribution is 6.00. The first-order valence-corrected chi connectivity index (χ1v) is 6.86. The molecule has 3 heteroatoms. The molecule has 0 saturated heterocycles. The second kappa shape index (κ2) is 3.45. The molecule has 0 radical (unpaired) electrons. The second-order valence-electron chi connectivity index (χ2n) is 7.36. The molecule has 3 aliphatic carbocycles. The van der Waals surface area contributed by atoms with Gasteiger partial charge >= 0.3 is 0 Å². The van der Waals surface area contributed by atoms with E-state index in [9.17, 15) is 15.0 Å². The fraction of sp³-hybridized carbons (Fsp3) is 0.800. The van der Waals surface area contributed by atoms with Crippen LogP contribution in [0.3, 0.4) is 0 Å². The molecule has 3 aliphatic rings. The summed E-state index contributed by atoms with van der Waals surface area (Å²) < 4.78 is 0. The van der Waals surface area contributed by atoms with Crippen molar-refractivity contribution >= 4 is 5.78 Å². The number of hydrogen-bond acceptors (Lipinski definition) is 3. The predicted octanol–water partition coefficient (Wildman–Crippen LogP) is 1.68. The number of carbonyl (C=O) groups is 1. The number of carbonyl (C=O) groups excluding carboxylic acids is 1. The van der Waals surface area contributed by atoms with Gasteiger partial charge in [-0.1, -0.05) is 20.8 Å². The smallest absolute Gasteiger partial charge is 0.162 e. The van der Waals surface area contributed by atoms with Gasteiger partial charge in [0.1, 0.15) is 0 Å². The molecule has 0 aromatic carbocycles. The van der Waals surface area contributed by atoms with E-state index in [0.717, 1.165) is 18.4 Å². The lowest BCUT2D eigenvalue weighted by atomic mass is 9.77. The molecule has 0 amide bonds. The Hall–Kier alpha value is -0.670. The average Bonchev–Trinajstić information content (AvgIpc) is 2.76. The van der Waals surface area contributed by atoms with E-state index in [1.807, 2.05) is 6.92 Å². The third kappa shape index (κ3) is 1.35. The van der Waals surface area contributed by atoms with Crippen LogP contribution in [-0.2, 0) is 4.79 Å². The first kappa shape index (κ1) is 12.4. The van der Waals surface area contributed by atoms with E-state index in [2.05, 4.69) is 13.8 Å². The quantitative estimate of drug-likeness (QED) is 0.744. The van der Waals surface area contributed by atoms with Gasteiger partial charge in [-0.25, -0.2) is 0 Å². The summed E-state index contributed by atoms with van der Waals surface area (Å²) in [6.07, 6.45) is 2.00. The van der Waals surface area contributed by atoms with Crippen molar-refractivity contribution in [3.05, 3.63) is 11.1 Å². The summed E-state index contributed by atoms with van der Waals surface area (Å²) in [4.78, 5) is 12.0. The van der Waals surface area contributed by atoms with Crippen molar-refractivity contribution in [1.29, 1.82) is 0 Å². The van der Waals surface area contributed by atoms with Crippen LogP contribution < -0.4 is 0 Å². The van der Waals surface area contributed by atoms with Gasteiger partial charge in [-0.3, -0.25) is 4.79 Å². The maximum atomic E-state index is 12.0. The van der Waals surface area contributed by atoms with Crippen molar-refractivity contribution in [3.8, 4) is 0 Å². The fourth-order valence-electron chi connectivity index (χ4n) is 4.85. The van der Waals surface area contributed by atoms with Crippen LogP contribution in [-0.4, -0.2) is 28.7 Å². The minimum absolute atomic E-state index is 0.0391. The molecular formula is C15H22O3. The number of fused-ring (bicyclic) bond motifs is 3. The van der Waals surface area contributed by atoms with Crippen LogP contribution in [0.4, 0.5) is 0 Å². The van der Waals surface area contributed by atoms with E-state index in [4.69, 9.17) is 0 Å². The van der Waals surface area contributed by atoms with Gasteiger partial charge in [0.05, 0.1) is 12.7 Å². The molecule has 18 heavy (non-hydrogen) atoms. The van der Waals surface area contributed by atoms with Crippen LogP contribution >= 0.6 is 0 Å². The molecule has 0 aliphatic heterocycles. The molecule has 2 saturated carbocycles. The lowest BCUT2D eigenvalue weighted by molar-refractivity contribution is -0.117. The van der Waals surface area contributed by atoms with Crippen molar-refractivity contribution in [2.75, 3.05) is 6.61 Å². The van der Waals surface area contributed by atoms with Gasteiger partial charge in [0.15, 0.2) is 5.78 Å². The number of aliphatic hydroxyl groups excluding tert-OH is 2. The van der Waals surface area contributed by atoms with Gasteiger partial charge < -0.3 is 10.2 Å². The van der Waals surface area contributed by atoms with Crippen molar-refractivity contribution in [1.82, 2.24) is 0 Å². The highest BCUT2D eigenvalue weighted by atomic mass is 16.3. The van der Waals surface area contributed by atoms with Crippen LogP contribution in [0, 0.1) is 22.7 Å². The minimum Gasteiger partial charge on any atom is -0.392 e. The number of rotatable bonds is 1. The van der Waals surface area contributed by atoms with Gasteiger partial charge in [-0.2, -0.15) is 0 Å². The Morgan fingerprint density at radius 3 is 2.56 bits per heavy atom. The van der Waals surface area contributed by atoms with Crippen LogP contribution in [0.5, 0.6) is 0 Å². The largest absolute Gasteiger partial charge is 0.392 e. The van der Waals surface area contributed by atoms with Crippen LogP contribution in [0.2, 0.25) is 0 Å². The molecule has 0 bridgehead atoms. The topological polar surface area (TPSA) is 57.5 Å². The van der Waals surface area contributed by atoms with E-state index in [1.165, 1.54) is 0 Å². The summed E-state index contributed by atoms with van der Waals surface area (Å²) in [5.41, 5.74) is 1.51. The van der Waals surface area contributed by atoms with E-state index in [1.54, 1.807) is 0 Å². The van der Waals surface area contributed by atoms with Gasteiger partial charge in [-0.05, 0) is 35.7 Å². The molecule has 2 fully saturated rings. The summed E-state index contributed by atoms with van der Waals surface area (Å²) >= 11 is 0. The molecule has 2 N–H and O–H groups in total. The Balaban J connectivity index is 2.10. The van der Waals surface area contributed by atoms with E-state index in [0.29, 0.717) is 17.9 Å². The second-order valence-corrected chi connectivity index (χ2v) is 7.36. The average molecular weight is 250 g/mol. The molecular weight excluding hydrogens is 228 g/mol. The summed E-state index contributed by atoms with van der Waals surface area (Å²) in [5, 5.41) is 20.1. The minimum atomic E-state index is -0.424. The van der Waals surface area contributed by atoms with E-state index < -0.39 is 11.5 Å². The number of hydrogen-bond donors (Lipinski definition) is 2. The Kier molecular flexibility index (Phi) is 2.37. The normalized spacial score (nSPS) is 45.6. The molecule has 0 aromatic rings. The highest BCUT2D eigenvalue weighted by Crippen LogP contribution is 2.65. The van der Waals surface area contributed by atoms with Crippen LogP contribution in [0.15, 0.2) is 11.1 Å². The fourth-order valence-corrected chi connectivity index (χ4v) is 4.85. The van der Waals surface area contributed by atoms with Gasteiger partial charge in [-0.15, -0.1) is 0 Å². The van der Waals surface area contributed by atoms with Crippen molar-refractivity contribution in [2.45, 2.75) is 46.1 Å². The third-order valence-electron chi connectivity index (χ3n) is 5.47. The zero-order valence-electron chi connectivity index (χ0n) is 11.4. The lowest BCUT2D eigenvalue weighted by Gasteiger charge is -2.30. The summed E-state index contributed by atoms with van der Waals surface area (Å²) in [5.74, 6) is 0.612. The van der Waals surface area contributed by atoms with E-state index in [-0.39, 0.29) is 23.7 Å². The van der Waals surface area contributed by atoms with Crippen LogP contribution in [0.25, 0.3) is 0 Å². The Morgan fingerprint density at radius 2 is 1.94 bits per heavy atom. The molecule has 3 nitrogen and oxygen atoms in total. The van der Waals surface area contributed by atoms with Gasteiger partial charge in [0.25, 0.3) is 0 Å². The predicted molar refractivity (Wildman–Crippen MR) is 67.8 cm³/mol. The van der Waals surface area contributed by atoms with Crippen molar-refractivity contribution in [3.63, 3.8) is 0 Å². The van der Waals surface area contributed by atoms with Crippen LogP contribution in [0.1, 0.15) is 40.0 Å². The maximum absolute atomic E-state index is 12.0. The van der Waals surface area contributed by atoms with Gasteiger partial charge in [0, 0.05) is 17.4 Å². The molecule has 3 rings (SSSR count). The summed E-state index contributed by atoms with van der Waals surface area (Å²) in [6, 6.07) is 0. The molecule has 4 atom stereocenters. The van der Waals surface area contributed by atoms with E-state index >= 15 is 0 Å². The zero-order chi connectivity index (χ0) is 13.3. The Morgan fingerprint density at radius 1 is 1.28 bits per heavy atom. The molecule has 4 unspecified atom stereocenters. The SMILES string of the molecule is CC1(C)CC2C3=C(CO)C(=O)CC3(C)C(O)C2C1. The third-order valence-corrected chi connectivity index (χ3v) is 5.47.